The molecule has 2 aromatic rings. The number of rotatable bonds is 5. The standard InChI is InChI=1S/C16H17N3O3S/c1-2-11-5-3-4-6-14(11)18-16(23)17-10-12-9-13(19(21)22)7-8-15(12)20/h3-9,20H,2,10H2,1H3,(H2,17,18,23)/p-1. The van der Waals surface area contributed by atoms with E-state index >= 15 is 0 Å². The SMILES string of the molecule is CCc1ccccc1NC(=S)NCc1cc([N+](=O)[O-])ccc1[O-]. The van der Waals surface area contributed by atoms with Crippen molar-refractivity contribution in [3.8, 4) is 5.75 Å². The van der Waals surface area contributed by atoms with Gasteiger partial charge in [0.25, 0.3) is 5.69 Å². The second kappa shape index (κ2) is 7.55. The molecule has 0 aliphatic carbocycles. The Balaban J connectivity index is 2.02. The number of benzene rings is 2. The number of nitrogens with zero attached hydrogens (tertiary/aromatic N) is 1. The van der Waals surface area contributed by atoms with Crippen LogP contribution in [0.15, 0.2) is 42.5 Å². The number of nitro groups is 1. The summed E-state index contributed by atoms with van der Waals surface area (Å²) in [4.78, 5) is 10.2. The first-order valence-corrected chi connectivity index (χ1v) is 7.49. The molecule has 0 fully saturated rings. The van der Waals surface area contributed by atoms with E-state index in [9.17, 15) is 15.2 Å². The molecule has 2 rings (SSSR count). The molecule has 0 radical (unpaired) electrons. The van der Waals surface area contributed by atoms with Crippen molar-refractivity contribution in [1.82, 2.24) is 5.32 Å². The van der Waals surface area contributed by atoms with Crippen LogP contribution in [0, 0.1) is 10.1 Å². The first kappa shape index (κ1) is 16.7. The quantitative estimate of drug-likeness (QED) is 0.498. The van der Waals surface area contributed by atoms with Crippen molar-refractivity contribution in [1.29, 1.82) is 0 Å². The zero-order valence-corrected chi connectivity index (χ0v) is 13.4. The normalized spacial score (nSPS) is 10.1. The second-order valence-corrected chi connectivity index (χ2v) is 5.28. The van der Waals surface area contributed by atoms with Crippen LogP contribution in [-0.4, -0.2) is 10.0 Å². The van der Waals surface area contributed by atoms with Crippen LogP contribution in [0.1, 0.15) is 18.1 Å². The minimum atomic E-state index is -0.531. The van der Waals surface area contributed by atoms with Gasteiger partial charge < -0.3 is 15.7 Å². The maximum absolute atomic E-state index is 11.7. The third-order valence-corrected chi connectivity index (χ3v) is 3.59. The van der Waals surface area contributed by atoms with Gasteiger partial charge in [0, 0.05) is 24.4 Å². The Morgan fingerprint density at radius 3 is 2.65 bits per heavy atom. The van der Waals surface area contributed by atoms with Crippen LogP contribution in [0.25, 0.3) is 0 Å². The van der Waals surface area contributed by atoms with Gasteiger partial charge in [-0.1, -0.05) is 31.2 Å². The summed E-state index contributed by atoms with van der Waals surface area (Å²) in [7, 11) is 0. The minimum absolute atomic E-state index is 0.114. The first-order chi connectivity index (χ1) is 11.0. The number of nitro benzene ring substituents is 1. The smallest absolute Gasteiger partial charge is 0.269 e. The summed E-state index contributed by atoms with van der Waals surface area (Å²) in [5.41, 5.74) is 2.20. The number of para-hydroxylation sites is 1. The van der Waals surface area contributed by atoms with E-state index in [1.165, 1.54) is 18.2 Å². The lowest BCUT2D eigenvalue weighted by atomic mass is 10.1. The molecule has 0 saturated carbocycles. The molecule has 0 atom stereocenters. The monoisotopic (exact) mass is 330 g/mol. The van der Waals surface area contributed by atoms with Gasteiger partial charge >= 0.3 is 0 Å². The Morgan fingerprint density at radius 1 is 1.22 bits per heavy atom. The number of thiocarbonyl (C=S) groups is 1. The van der Waals surface area contributed by atoms with E-state index in [1.807, 2.05) is 31.2 Å². The number of aryl methyl sites for hydroxylation is 1. The van der Waals surface area contributed by atoms with Gasteiger partial charge in [-0.3, -0.25) is 10.1 Å². The summed E-state index contributed by atoms with van der Waals surface area (Å²) < 4.78 is 0. The zero-order valence-electron chi connectivity index (χ0n) is 12.5. The van der Waals surface area contributed by atoms with Gasteiger partial charge in [-0.05, 0) is 35.8 Å². The summed E-state index contributed by atoms with van der Waals surface area (Å²) in [5.74, 6) is -0.264. The van der Waals surface area contributed by atoms with Crippen LogP contribution in [0.3, 0.4) is 0 Å². The molecule has 2 N–H and O–H groups in total. The molecular formula is C16H16N3O3S-. The van der Waals surface area contributed by atoms with Crippen molar-refractivity contribution in [3.63, 3.8) is 0 Å². The molecule has 6 nitrogen and oxygen atoms in total. The molecule has 0 aromatic heterocycles. The highest BCUT2D eigenvalue weighted by molar-refractivity contribution is 7.80. The largest absolute Gasteiger partial charge is 0.872 e. The molecule has 0 aliphatic rings. The molecule has 7 heteroatoms. The molecule has 23 heavy (non-hydrogen) atoms. The fraction of sp³-hybridized carbons (Fsp3) is 0.188. The molecular weight excluding hydrogens is 314 g/mol. The summed E-state index contributed by atoms with van der Waals surface area (Å²) in [6, 6.07) is 11.4. The van der Waals surface area contributed by atoms with E-state index < -0.39 is 4.92 Å². The van der Waals surface area contributed by atoms with Gasteiger partial charge in [0.15, 0.2) is 5.11 Å². The lowest BCUT2D eigenvalue weighted by Crippen LogP contribution is -2.28. The van der Waals surface area contributed by atoms with Gasteiger partial charge in [0.05, 0.1) is 4.92 Å². The topological polar surface area (TPSA) is 90.3 Å². The van der Waals surface area contributed by atoms with Gasteiger partial charge in [0.1, 0.15) is 0 Å². The van der Waals surface area contributed by atoms with E-state index in [0.29, 0.717) is 10.7 Å². The molecule has 0 bridgehead atoms. The Kier molecular flexibility index (Phi) is 5.48. The van der Waals surface area contributed by atoms with Crippen molar-refractivity contribution < 1.29 is 10.0 Å². The minimum Gasteiger partial charge on any atom is -0.872 e. The van der Waals surface area contributed by atoms with E-state index in [-0.39, 0.29) is 18.0 Å². The summed E-state index contributed by atoms with van der Waals surface area (Å²) in [6.07, 6.45) is 0.862. The van der Waals surface area contributed by atoms with E-state index in [1.54, 1.807) is 0 Å². The highest BCUT2D eigenvalue weighted by atomic mass is 32.1. The van der Waals surface area contributed by atoms with E-state index in [4.69, 9.17) is 12.2 Å². The molecule has 0 heterocycles. The summed E-state index contributed by atoms with van der Waals surface area (Å²) in [5, 5.41) is 28.8. The van der Waals surface area contributed by atoms with Crippen molar-refractivity contribution in [3.05, 3.63) is 63.7 Å². The number of non-ortho nitro benzene ring substituents is 1. The van der Waals surface area contributed by atoms with Crippen LogP contribution in [0.4, 0.5) is 11.4 Å². The summed E-state index contributed by atoms with van der Waals surface area (Å²) >= 11 is 5.21. The highest BCUT2D eigenvalue weighted by Crippen LogP contribution is 2.21. The second-order valence-electron chi connectivity index (χ2n) is 4.87. The van der Waals surface area contributed by atoms with Crippen molar-refractivity contribution in [2.24, 2.45) is 0 Å². The van der Waals surface area contributed by atoms with E-state index in [0.717, 1.165) is 17.7 Å². The number of nitrogens with one attached hydrogen (secondary N) is 2. The molecule has 2 aromatic carbocycles. The fourth-order valence-corrected chi connectivity index (χ4v) is 2.29. The molecule has 0 aliphatic heterocycles. The van der Waals surface area contributed by atoms with Gasteiger partial charge in [-0.15, -0.1) is 5.75 Å². The summed E-state index contributed by atoms with van der Waals surface area (Å²) in [6.45, 7) is 2.17. The Morgan fingerprint density at radius 2 is 1.96 bits per heavy atom. The predicted octanol–water partition coefficient (Wildman–Crippen LogP) is 2.72. The highest BCUT2D eigenvalue weighted by Gasteiger charge is 2.07. The van der Waals surface area contributed by atoms with Crippen molar-refractivity contribution in [2.45, 2.75) is 19.9 Å². The number of anilines is 1. The van der Waals surface area contributed by atoms with Crippen LogP contribution < -0.4 is 15.7 Å². The maximum atomic E-state index is 11.7. The van der Waals surface area contributed by atoms with E-state index in [2.05, 4.69) is 10.6 Å². The predicted molar refractivity (Wildman–Crippen MR) is 91.4 cm³/mol. The molecule has 0 saturated heterocycles. The Bertz CT molecular complexity index is 734. The fourth-order valence-electron chi connectivity index (χ4n) is 2.11. The van der Waals surface area contributed by atoms with Gasteiger partial charge in [-0.25, -0.2) is 0 Å². The molecule has 0 spiro atoms. The number of hydrogen-bond acceptors (Lipinski definition) is 4. The Hall–Kier alpha value is -2.67. The maximum Gasteiger partial charge on any atom is 0.269 e. The Labute approximate surface area is 139 Å². The number of hydrogen-bond donors (Lipinski definition) is 2. The molecule has 0 amide bonds. The van der Waals surface area contributed by atoms with Crippen molar-refractivity contribution >= 4 is 28.7 Å². The third-order valence-electron chi connectivity index (χ3n) is 3.34. The zero-order chi connectivity index (χ0) is 16.8. The van der Waals surface area contributed by atoms with Crippen molar-refractivity contribution in [2.75, 3.05) is 5.32 Å². The first-order valence-electron chi connectivity index (χ1n) is 7.08. The van der Waals surface area contributed by atoms with Crippen LogP contribution >= 0.6 is 12.2 Å². The van der Waals surface area contributed by atoms with Gasteiger partial charge in [0.2, 0.25) is 0 Å². The molecule has 120 valence electrons. The molecule has 0 unspecified atom stereocenters. The average molecular weight is 330 g/mol. The van der Waals surface area contributed by atoms with Crippen LogP contribution in [0.2, 0.25) is 0 Å². The lowest BCUT2D eigenvalue weighted by Gasteiger charge is -2.16. The van der Waals surface area contributed by atoms with Gasteiger partial charge in [-0.2, -0.15) is 0 Å². The third kappa shape index (κ3) is 4.40. The van der Waals surface area contributed by atoms with Crippen LogP contribution in [0.5, 0.6) is 5.75 Å². The average Bonchev–Trinajstić information content (AvgIpc) is 2.54. The lowest BCUT2D eigenvalue weighted by molar-refractivity contribution is -0.385. The van der Waals surface area contributed by atoms with Crippen LogP contribution in [-0.2, 0) is 13.0 Å².